The number of benzene rings is 2. The number of halogens is 1. The molecule has 0 radical (unpaired) electrons. The van der Waals surface area contributed by atoms with Gasteiger partial charge in [0.05, 0.1) is 6.04 Å². The average molecular weight is 322 g/mol. The topological polar surface area (TPSA) is 25.2 Å². The fourth-order valence-corrected chi connectivity index (χ4v) is 3.64. The van der Waals surface area contributed by atoms with Crippen LogP contribution in [0.1, 0.15) is 24.1 Å². The number of para-hydroxylation sites is 1. The van der Waals surface area contributed by atoms with Gasteiger partial charge in [0.25, 0.3) is 0 Å². The summed E-state index contributed by atoms with van der Waals surface area (Å²) in [5.41, 5.74) is 3.12. The molecule has 1 aromatic heterocycles. The summed E-state index contributed by atoms with van der Waals surface area (Å²) in [5, 5.41) is 1.13. The van der Waals surface area contributed by atoms with Gasteiger partial charge in [0.15, 0.2) is 0 Å². The molecule has 3 nitrogen and oxygen atoms in total. The molecule has 1 atom stereocenters. The molecule has 1 amide bonds. The normalized spacial score (nSPS) is 17.1. The summed E-state index contributed by atoms with van der Waals surface area (Å²) in [6, 6.07) is 14.8. The molecule has 1 aliphatic rings. The first kappa shape index (κ1) is 14.9. The third kappa shape index (κ3) is 2.48. The van der Waals surface area contributed by atoms with Gasteiger partial charge >= 0.3 is 0 Å². The minimum Gasteiger partial charge on any atom is -0.338 e. The molecule has 0 bridgehead atoms. The first-order valence-electron chi connectivity index (χ1n) is 8.25. The molecule has 0 aliphatic carbocycles. The Balaban J connectivity index is 1.59. The molecule has 2 heterocycles. The van der Waals surface area contributed by atoms with Crippen LogP contribution in [0.4, 0.5) is 4.39 Å². The number of amides is 1. The Morgan fingerprint density at radius 1 is 1.21 bits per heavy atom. The highest BCUT2D eigenvalue weighted by molar-refractivity contribution is 5.83. The second-order valence-corrected chi connectivity index (χ2v) is 6.36. The van der Waals surface area contributed by atoms with Crippen molar-refractivity contribution >= 4 is 16.8 Å². The van der Waals surface area contributed by atoms with Crippen LogP contribution in [-0.4, -0.2) is 21.9 Å². The van der Waals surface area contributed by atoms with Crippen LogP contribution >= 0.6 is 0 Å². The second-order valence-electron chi connectivity index (χ2n) is 6.36. The average Bonchev–Trinajstić information content (AvgIpc) is 2.99. The molecule has 24 heavy (non-hydrogen) atoms. The van der Waals surface area contributed by atoms with Crippen molar-refractivity contribution in [2.75, 3.05) is 6.54 Å². The maximum atomic E-state index is 13.6. The van der Waals surface area contributed by atoms with E-state index in [1.54, 1.807) is 6.07 Å². The molecule has 0 N–H and O–H groups in total. The monoisotopic (exact) mass is 322 g/mol. The first-order valence-corrected chi connectivity index (χ1v) is 8.25. The molecule has 0 spiro atoms. The Hall–Kier alpha value is -2.62. The minimum absolute atomic E-state index is 0.0683. The third-order valence-electron chi connectivity index (χ3n) is 4.95. The van der Waals surface area contributed by atoms with Crippen molar-refractivity contribution in [2.45, 2.75) is 25.9 Å². The lowest BCUT2D eigenvalue weighted by atomic mass is 9.93. The minimum atomic E-state index is -0.244. The van der Waals surface area contributed by atoms with Gasteiger partial charge in [-0.1, -0.05) is 24.3 Å². The van der Waals surface area contributed by atoms with E-state index in [9.17, 15) is 9.18 Å². The van der Waals surface area contributed by atoms with Crippen LogP contribution in [0.3, 0.4) is 0 Å². The largest absolute Gasteiger partial charge is 0.338 e. The maximum absolute atomic E-state index is 13.6. The molecular weight excluding hydrogens is 303 g/mol. The summed E-state index contributed by atoms with van der Waals surface area (Å²) in [6.07, 6.45) is 2.73. The Bertz CT molecular complexity index is 915. The van der Waals surface area contributed by atoms with Gasteiger partial charge in [0, 0.05) is 18.3 Å². The quantitative estimate of drug-likeness (QED) is 0.702. The summed E-state index contributed by atoms with van der Waals surface area (Å²) < 4.78 is 15.5. The smallest absolute Gasteiger partial charge is 0.243 e. The van der Waals surface area contributed by atoms with Crippen LogP contribution in [0.15, 0.2) is 54.7 Å². The van der Waals surface area contributed by atoms with Gasteiger partial charge < -0.3 is 9.47 Å². The number of hydrogen-bond acceptors (Lipinski definition) is 1. The van der Waals surface area contributed by atoms with Crippen LogP contribution in [0.2, 0.25) is 0 Å². The Labute approximate surface area is 140 Å². The zero-order chi connectivity index (χ0) is 16.7. The lowest BCUT2D eigenvalue weighted by molar-refractivity contribution is -0.134. The molecule has 0 saturated heterocycles. The van der Waals surface area contributed by atoms with E-state index < -0.39 is 0 Å². The predicted molar refractivity (Wildman–Crippen MR) is 92.2 cm³/mol. The number of nitrogens with zero attached hydrogens (tertiary/aromatic N) is 2. The number of aromatic nitrogens is 1. The summed E-state index contributed by atoms with van der Waals surface area (Å²) in [5.74, 6) is -0.176. The van der Waals surface area contributed by atoms with Gasteiger partial charge in [-0.15, -0.1) is 0 Å². The maximum Gasteiger partial charge on any atom is 0.243 e. The number of rotatable bonds is 2. The zero-order valence-electron chi connectivity index (χ0n) is 13.6. The molecule has 1 unspecified atom stereocenters. The van der Waals surface area contributed by atoms with Crippen molar-refractivity contribution in [1.82, 2.24) is 9.47 Å². The molecule has 3 aromatic rings. The number of fused-ring (bicyclic) bond motifs is 2. The fourth-order valence-electron chi connectivity index (χ4n) is 3.64. The lowest BCUT2D eigenvalue weighted by Gasteiger charge is -2.35. The van der Waals surface area contributed by atoms with E-state index >= 15 is 0 Å². The predicted octanol–water partition coefficient (Wildman–Crippen LogP) is 3.93. The van der Waals surface area contributed by atoms with Crippen molar-refractivity contribution in [3.63, 3.8) is 0 Å². The Morgan fingerprint density at radius 2 is 2.04 bits per heavy atom. The van der Waals surface area contributed by atoms with Gasteiger partial charge in [-0.25, -0.2) is 4.39 Å². The van der Waals surface area contributed by atoms with E-state index in [-0.39, 0.29) is 17.8 Å². The van der Waals surface area contributed by atoms with Crippen molar-refractivity contribution in [3.05, 3.63) is 71.7 Å². The zero-order valence-corrected chi connectivity index (χ0v) is 13.6. The summed E-state index contributed by atoms with van der Waals surface area (Å²) in [7, 11) is 0. The van der Waals surface area contributed by atoms with Crippen LogP contribution in [0.5, 0.6) is 0 Å². The first-order chi connectivity index (χ1) is 11.6. The fraction of sp³-hybridized carbons (Fsp3) is 0.250. The lowest BCUT2D eigenvalue weighted by Crippen LogP contribution is -2.40. The van der Waals surface area contributed by atoms with Crippen molar-refractivity contribution in [3.8, 4) is 0 Å². The molecule has 1 aliphatic heterocycles. The van der Waals surface area contributed by atoms with Crippen LogP contribution in [-0.2, 0) is 17.8 Å². The molecule has 4 heteroatoms. The number of carbonyl (C=O) groups excluding carboxylic acids is 1. The Kier molecular flexibility index (Phi) is 3.60. The van der Waals surface area contributed by atoms with Gasteiger partial charge in [-0.2, -0.15) is 0 Å². The SMILES string of the molecule is CC1c2cc(F)ccc2CCN1C(=O)Cn1ccc2ccccc21. The van der Waals surface area contributed by atoms with E-state index in [1.807, 2.05) is 59.0 Å². The third-order valence-corrected chi connectivity index (χ3v) is 4.95. The molecule has 4 rings (SSSR count). The summed E-state index contributed by atoms with van der Waals surface area (Å²) in [6.45, 7) is 2.96. The highest BCUT2D eigenvalue weighted by atomic mass is 19.1. The van der Waals surface area contributed by atoms with Crippen molar-refractivity contribution < 1.29 is 9.18 Å². The van der Waals surface area contributed by atoms with Gasteiger partial charge in [-0.05, 0) is 54.1 Å². The van der Waals surface area contributed by atoms with E-state index in [1.165, 1.54) is 6.07 Å². The standard InChI is InChI=1S/C20H19FN2O/c1-14-18-12-17(21)7-6-15(18)9-11-23(14)20(24)13-22-10-8-16-4-2-3-5-19(16)22/h2-8,10,12,14H,9,11,13H2,1H3. The number of carbonyl (C=O) groups is 1. The second kappa shape index (κ2) is 5.78. The van der Waals surface area contributed by atoms with Gasteiger partial charge in [0.2, 0.25) is 5.91 Å². The van der Waals surface area contributed by atoms with Gasteiger partial charge in [-0.3, -0.25) is 4.79 Å². The van der Waals surface area contributed by atoms with E-state index in [4.69, 9.17) is 0 Å². The van der Waals surface area contributed by atoms with E-state index in [2.05, 4.69) is 0 Å². The highest BCUT2D eigenvalue weighted by Gasteiger charge is 2.28. The molecule has 122 valence electrons. The number of hydrogen-bond donors (Lipinski definition) is 0. The van der Waals surface area contributed by atoms with Crippen LogP contribution < -0.4 is 0 Å². The highest BCUT2D eigenvalue weighted by Crippen LogP contribution is 2.30. The van der Waals surface area contributed by atoms with Crippen molar-refractivity contribution in [1.29, 1.82) is 0 Å². The van der Waals surface area contributed by atoms with Crippen LogP contribution in [0, 0.1) is 5.82 Å². The molecule has 0 fully saturated rings. The summed E-state index contributed by atoms with van der Waals surface area (Å²) >= 11 is 0. The molecule has 2 aromatic carbocycles. The van der Waals surface area contributed by atoms with Crippen LogP contribution in [0.25, 0.3) is 10.9 Å². The summed E-state index contributed by atoms with van der Waals surface area (Å²) in [4.78, 5) is 14.7. The van der Waals surface area contributed by atoms with Crippen molar-refractivity contribution in [2.24, 2.45) is 0 Å². The molecule has 0 saturated carbocycles. The van der Waals surface area contributed by atoms with E-state index in [0.717, 1.165) is 28.5 Å². The van der Waals surface area contributed by atoms with E-state index in [0.29, 0.717) is 13.1 Å². The van der Waals surface area contributed by atoms with Gasteiger partial charge in [0.1, 0.15) is 12.4 Å². The Morgan fingerprint density at radius 3 is 2.92 bits per heavy atom. The molecular formula is C20H19FN2O.